The van der Waals surface area contributed by atoms with E-state index in [1.807, 2.05) is 6.92 Å². The number of aliphatic imine (C=N–C) groups is 1. The Kier molecular flexibility index (Phi) is 5.67. The summed E-state index contributed by atoms with van der Waals surface area (Å²) in [6, 6.07) is 6.80. The van der Waals surface area contributed by atoms with Gasteiger partial charge in [0.1, 0.15) is 5.84 Å². The second kappa shape index (κ2) is 7.96. The number of hydrogen-bond acceptors (Lipinski definition) is 6. The van der Waals surface area contributed by atoms with Crippen LogP contribution in [-0.2, 0) is 14.8 Å². The van der Waals surface area contributed by atoms with Crippen LogP contribution in [0.5, 0.6) is 0 Å². The molecule has 26 heavy (non-hydrogen) atoms. The van der Waals surface area contributed by atoms with E-state index < -0.39 is 10.0 Å². The van der Waals surface area contributed by atoms with Gasteiger partial charge in [-0.05, 0) is 31.9 Å². The summed E-state index contributed by atoms with van der Waals surface area (Å²) in [5, 5.41) is 3.41. The van der Waals surface area contributed by atoms with Crippen molar-refractivity contribution in [2.45, 2.75) is 37.5 Å². The number of thiazole rings is 1. The second-order valence-electron chi connectivity index (χ2n) is 5.97. The third kappa shape index (κ3) is 4.47. The fourth-order valence-corrected chi connectivity index (χ4v) is 4.54. The van der Waals surface area contributed by atoms with Crippen LogP contribution in [0.4, 0.5) is 5.13 Å². The molecule has 3 rings (SSSR count). The molecule has 2 heterocycles. The maximum absolute atomic E-state index is 12.0. The highest BCUT2D eigenvalue weighted by Gasteiger charge is 2.29. The number of benzene rings is 1. The SMILES string of the molecule is Cc1cnc(NC(=O)CCCCCN=C2NS(=O)(=O)c3ccccc32)s1. The quantitative estimate of drug-likeness (QED) is 0.708. The number of carbonyl (C=O) groups excluding carboxylic acids is 1. The maximum atomic E-state index is 12.0. The topological polar surface area (TPSA) is 101 Å². The number of rotatable bonds is 7. The zero-order chi connectivity index (χ0) is 18.6. The lowest BCUT2D eigenvalue weighted by Gasteiger charge is -2.02. The number of nitrogens with one attached hydrogen (secondary N) is 2. The van der Waals surface area contributed by atoms with Crippen molar-refractivity contribution in [1.29, 1.82) is 0 Å². The van der Waals surface area contributed by atoms with Gasteiger partial charge in [0.25, 0.3) is 10.0 Å². The number of aryl methyl sites for hydroxylation is 1. The zero-order valence-corrected chi connectivity index (χ0v) is 16.0. The Labute approximate surface area is 156 Å². The third-order valence-corrected chi connectivity index (χ3v) is 6.09. The van der Waals surface area contributed by atoms with Gasteiger partial charge in [-0.25, -0.2) is 13.4 Å². The Balaban J connectivity index is 1.41. The van der Waals surface area contributed by atoms with Gasteiger partial charge in [0, 0.05) is 29.6 Å². The predicted octanol–water partition coefficient (Wildman–Crippen LogP) is 2.69. The van der Waals surface area contributed by atoms with Crippen molar-refractivity contribution in [3.8, 4) is 0 Å². The van der Waals surface area contributed by atoms with Gasteiger partial charge in [-0.1, -0.05) is 18.6 Å². The number of nitrogens with zero attached hydrogens (tertiary/aromatic N) is 2. The second-order valence-corrected chi connectivity index (χ2v) is 8.85. The average molecular weight is 393 g/mol. The average Bonchev–Trinajstić information content (AvgIpc) is 3.12. The van der Waals surface area contributed by atoms with Gasteiger partial charge in [0.2, 0.25) is 5.91 Å². The molecule has 1 amide bonds. The molecule has 1 aliphatic heterocycles. The Morgan fingerprint density at radius 3 is 2.85 bits per heavy atom. The van der Waals surface area contributed by atoms with E-state index in [0.29, 0.717) is 29.5 Å². The van der Waals surface area contributed by atoms with Crippen LogP contribution in [0, 0.1) is 6.92 Å². The van der Waals surface area contributed by atoms with Gasteiger partial charge >= 0.3 is 0 Å². The summed E-state index contributed by atoms with van der Waals surface area (Å²) in [5.41, 5.74) is 0.616. The van der Waals surface area contributed by atoms with Crippen molar-refractivity contribution in [2.24, 2.45) is 4.99 Å². The number of hydrogen-bond donors (Lipinski definition) is 2. The fraction of sp³-hybridized carbons (Fsp3) is 0.353. The van der Waals surface area contributed by atoms with Crippen LogP contribution in [0.3, 0.4) is 0 Å². The molecule has 0 spiro atoms. The largest absolute Gasteiger partial charge is 0.302 e. The lowest BCUT2D eigenvalue weighted by atomic mass is 10.2. The number of fused-ring (bicyclic) bond motifs is 1. The lowest BCUT2D eigenvalue weighted by Crippen LogP contribution is -2.22. The molecule has 1 aromatic carbocycles. The van der Waals surface area contributed by atoms with Crippen LogP contribution in [0.25, 0.3) is 0 Å². The Bertz CT molecular complexity index is 935. The molecule has 0 radical (unpaired) electrons. The number of sulfonamides is 1. The van der Waals surface area contributed by atoms with Gasteiger partial charge in [-0.15, -0.1) is 11.3 Å². The summed E-state index contributed by atoms with van der Waals surface area (Å²) < 4.78 is 26.5. The molecule has 1 aromatic heterocycles. The molecule has 0 saturated carbocycles. The van der Waals surface area contributed by atoms with Crippen molar-refractivity contribution in [3.05, 3.63) is 40.9 Å². The minimum Gasteiger partial charge on any atom is -0.302 e. The monoisotopic (exact) mass is 392 g/mol. The van der Waals surface area contributed by atoms with Crippen molar-refractivity contribution >= 4 is 38.2 Å². The van der Waals surface area contributed by atoms with Crippen LogP contribution < -0.4 is 10.0 Å². The molecule has 2 N–H and O–H groups in total. The first-order chi connectivity index (χ1) is 12.5. The summed E-state index contributed by atoms with van der Waals surface area (Å²) in [5.74, 6) is 0.362. The van der Waals surface area contributed by atoms with Gasteiger partial charge in [-0.2, -0.15) is 0 Å². The first kappa shape index (κ1) is 18.5. The zero-order valence-electron chi connectivity index (χ0n) is 14.4. The molecule has 0 aliphatic carbocycles. The van der Waals surface area contributed by atoms with Gasteiger partial charge in [-0.3, -0.25) is 14.5 Å². The van der Waals surface area contributed by atoms with Crippen LogP contribution in [0.2, 0.25) is 0 Å². The van der Waals surface area contributed by atoms with E-state index in [9.17, 15) is 13.2 Å². The molecule has 9 heteroatoms. The Morgan fingerprint density at radius 2 is 2.08 bits per heavy atom. The Morgan fingerprint density at radius 1 is 1.27 bits per heavy atom. The smallest absolute Gasteiger partial charge is 0.263 e. The van der Waals surface area contributed by atoms with Crippen molar-refractivity contribution in [3.63, 3.8) is 0 Å². The number of amides is 1. The summed E-state index contributed by atoms with van der Waals surface area (Å²) in [4.78, 5) is 21.6. The summed E-state index contributed by atoms with van der Waals surface area (Å²) in [7, 11) is -3.48. The number of aromatic nitrogens is 1. The van der Waals surface area contributed by atoms with Gasteiger partial charge in [0.05, 0.1) is 4.90 Å². The highest BCUT2D eigenvalue weighted by molar-refractivity contribution is 7.90. The highest BCUT2D eigenvalue weighted by atomic mass is 32.2. The third-order valence-electron chi connectivity index (χ3n) is 3.86. The van der Waals surface area contributed by atoms with Gasteiger partial charge < -0.3 is 5.32 Å². The summed E-state index contributed by atoms with van der Waals surface area (Å²) in [6.45, 7) is 2.46. The van der Waals surface area contributed by atoms with E-state index in [2.05, 4.69) is 20.0 Å². The molecule has 0 saturated heterocycles. The lowest BCUT2D eigenvalue weighted by molar-refractivity contribution is -0.116. The van der Waals surface area contributed by atoms with E-state index in [1.165, 1.54) is 11.3 Å². The summed E-state index contributed by atoms with van der Waals surface area (Å²) >= 11 is 1.45. The molecular weight excluding hydrogens is 372 g/mol. The van der Waals surface area contributed by atoms with E-state index in [0.717, 1.165) is 24.1 Å². The van der Waals surface area contributed by atoms with Crippen LogP contribution in [0.15, 0.2) is 40.4 Å². The molecule has 0 atom stereocenters. The Hall–Kier alpha value is -2.26. The fourth-order valence-electron chi connectivity index (χ4n) is 2.61. The first-order valence-electron chi connectivity index (χ1n) is 8.35. The van der Waals surface area contributed by atoms with Gasteiger partial charge in [0.15, 0.2) is 5.13 Å². The summed E-state index contributed by atoms with van der Waals surface area (Å²) in [6.07, 6.45) is 4.55. The first-order valence-corrected chi connectivity index (χ1v) is 10.6. The van der Waals surface area contributed by atoms with Crippen molar-refractivity contribution in [2.75, 3.05) is 11.9 Å². The van der Waals surface area contributed by atoms with Crippen molar-refractivity contribution < 1.29 is 13.2 Å². The number of anilines is 1. The minimum absolute atomic E-state index is 0.0388. The molecule has 0 fully saturated rings. The normalized spacial score (nSPS) is 16.3. The molecule has 7 nitrogen and oxygen atoms in total. The van der Waals surface area contributed by atoms with E-state index in [4.69, 9.17) is 0 Å². The molecule has 0 unspecified atom stereocenters. The molecule has 138 valence electrons. The molecular formula is C17H20N4O3S2. The number of carbonyl (C=O) groups is 1. The highest BCUT2D eigenvalue weighted by Crippen LogP contribution is 2.22. The minimum atomic E-state index is -3.48. The predicted molar refractivity (Wildman–Crippen MR) is 102 cm³/mol. The number of unbranched alkanes of at least 4 members (excludes halogenated alkanes) is 2. The number of amidine groups is 1. The van der Waals surface area contributed by atoms with Crippen LogP contribution >= 0.6 is 11.3 Å². The van der Waals surface area contributed by atoms with E-state index in [1.54, 1.807) is 30.5 Å². The van der Waals surface area contributed by atoms with Crippen LogP contribution in [0.1, 0.15) is 36.1 Å². The van der Waals surface area contributed by atoms with E-state index in [-0.39, 0.29) is 10.8 Å². The maximum Gasteiger partial charge on any atom is 0.263 e. The molecule has 2 aromatic rings. The molecule has 1 aliphatic rings. The van der Waals surface area contributed by atoms with Crippen molar-refractivity contribution in [1.82, 2.24) is 9.71 Å². The standard InChI is InChI=1S/C17H20N4O3S2/c1-12-11-19-17(25-12)20-15(22)9-3-2-6-10-18-16-13-7-4-5-8-14(13)26(23,24)21-16/h4-5,7-8,11H,2-3,6,9-10H2,1H3,(H,18,21)(H,19,20,22). The molecule has 0 bridgehead atoms. The van der Waals surface area contributed by atoms with E-state index >= 15 is 0 Å². The van der Waals surface area contributed by atoms with Crippen LogP contribution in [-0.4, -0.2) is 31.7 Å².